The number of nitrogens with two attached hydrogens (primary N) is 1. The van der Waals surface area contributed by atoms with E-state index in [0.717, 1.165) is 45.7 Å². The van der Waals surface area contributed by atoms with Crippen molar-refractivity contribution in [2.45, 2.75) is 26.7 Å². The lowest BCUT2D eigenvalue weighted by Gasteiger charge is -2.22. The highest BCUT2D eigenvalue weighted by molar-refractivity contribution is 4.57. The summed E-state index contributed by atoms with van der Waals surface area (Å²) >= 11 is 0. The van der Waals surface area contributed by atoms with Crippen LogP contribution in [0.15, 0.2) is 0 Å². The van der Waals surface area contributed by atoms with Crippen molar-refractivity contribution in [3.63, 3.8) is 0 Å². The summed E-state index contributed by atoms with van der Waals surface area (Å²) in [5.41, 5.74) is 5.40. The van der Waals surface area contributed by atoms with Gasteiger partial charge in [-0.3, -0.25) is 4.90 Å². The van der Waals surface area contributed by atoms with Gasteiger partial charge in [0.25, 0.3) is 0 Å². The first-order chi connectivity index (χ1) is 16.8. The van der Waals surface area contributed by atoms with Crippen molar-refractivity contribution in [2.75, 3.05) is 132 Å². The van der Waals surface area contributed by atoms with E-state index in [0.29, 0.717) is 99.0 Å². The largest absolute Gasteiger partial charge is 0.379 e. The number of rotatable bonds is 30. The molecule has 0 radical (unpaired) electrons. The Hall–Kier alpha value is -0.400. The van der Waals surface area contributed by atoms with Crippen LogP contribution in [0.5, 0.6) is 0 Å². The maximum Gasteiger partial charge on any atom is 0.0701 e. The van der Waals surface area contributed by atoms with Crippen molar-refractivity contribution >= 4 is 0 Å². The summed E-state index contributed by atoms with van der Waals surface area (Å²) in [6.07, 6.45) is 2.06. The zero-order valence-corrected chi connectivity index (χ0v) is 21.8. The van der Waals surface area contributed by atoms with Crippen LogP contribution in [0.4, 0.5) is 0 Å². The fourth-order valence-electron chi connectivity index (χ4n) is 2.69. The molecule has 0 aliphatic carbocycles. The Kier molecular flexibility index (Phi) is 30.3. The third kappa shape index (κ3) is 27.8. The van der Waals surface area contributed by atoms with Gasteiger partial charge in [0.1, 0.15) is 0 Å². The molecule has 2 N–H and O–H groups in total. The van der Waals surface area contributed by atoms with Crippen molar-refractivity contribution in [3.05, 3.63) is 0 Å². The molecule has 0 saturated carbocycles. The minimum absolute atomic E-state index is 0.531. The quantitative estimate of drug-likeness (QED) is 0.146. The predicted octanol–water partition coefficient (Wildman–Crippen LogP) is 1.20. The molecule has 206 valence electrons. The smallest absolute Gasteiger partial charge is 0.0701 e. The summed E-state index contributed by atoms with van der Waals surface area (Å²) in [5.74, 6) is 0. The molecular weight excluding hydrogens is 444 g/mol. The molecule has 0 aliphatic rings. The maximum atomic E-state index is 5.71. The van der Waals surface area contributed by atoms with Crippen LogP contribution in [0, 0.1) is 0 Å². The molecule has 0 saturated heterocycles. The first-order valence-corrected chi connectivity index (χ1v) is 12.9. The van der Waals surface area contributed by atoms with Gasteiger partial charge in [-0.05, 0) is 12.8 Å². The van der Waals surface area contributed by atoms with Crippen LogP contribution in [0.3, 0.4) is 0 Å². The first kappa shape index (κ1) is 33.6. The third-order valence-electron chi connectivity index (χ3n) is 4.47. The van der Waals surface area contributed by atoms with Gasteiger partial charge in [-0.2, -0.15) is 0 Å². The molecule has 0 bridgehead atoms. The Balaban J connectivity index is 3.82. The number of nitrogens with zero attached hydrogens (tertiary/aromatic N) is 1. The number of ether oxygens (including phenoxy) is 8. The highest BCUT2D eigenvalue weighted by Gasteiger charge is 2.06. The van der Waals surface area contributed by atoms with Crippen LogP contribution in [0.25, 0.3) is 0 Å². The minimum Gasteiger partial charge on any atom is -0.379 e. The lowest BCUT2D eigenvalue weighted by Crippen LogP contribution is -2.34. The molecule has 0 aliphatic heterocycles. The van der Waals surface area contributed by atoms with Gasteiger partial charge in [-0.1, -0.05) is 13.8 Å². The molecule has 10 nitrogen and oxygen atoms in total. The topological polar surface area (TPSA) is 103 Å². The Morgan fingerprint density at radius 3 is 0.941 bits per heavy atom. The van der Waals surface area contributed by atoms with Crippen molar-refractivity contribution in [3.8, 4) is 0 Å². The molecule has 0 aromatic rings. The Morgan fingerprint density at radius 1 is 0.382 bits per heavy atom. The molecule has 0 spiro atoms. The van der Waals surface area contributed by atoms with E-state index in [9.17, 15) is 0 Å². The van der Waals surface area contributed by atoms with Gasteiger partial charge in [-0.15, -0.1) is 0 Å². The lowest BCUT2D eigenvalue weighted by atomic mass is 10.4. The molecule has 0 fully saturated rings. The normalized spacial score (nSPS) is 11.6. The number of hydrogen-bond acceptors (Lipinski definition) is 10. The van der Waals surface area contributed by atoms with Gasteiger partial charge in [0.2, 0.25) is 0 Å². The van der Waals surface area contributed by atoms with Gasteiger partial charge in [-0.25, -0.2) is 0 Å². The second-order valence-electron chi connectivity index (χ2n) is 7.53. The van der Waals surface area contributed by atoms with Gasteiger partial charge < -0.3 is 43.6 Å². The van der Waals surface area contributed by atoms with E-state index in [1.165, 1.54) is 0 Å². The fraction of sp³-hybridized carbons (Fsp3) is 1.00. The van der Waals surface area contributed by atoms with Crippen LogP contribution in [-0.4, -0.2) is 137 Å². The van der Waals surface area contributed by atoms with Crippen LogP contribution in [0.2, 0.25) is 0 Å². The first-order valence-electron chi connectivity index (χ1n) is 12.9. The highest BCUT2D eigenvalue weighted by Crippen LogP contribution is 1.93. The Bertz CT molecular complexity index is 346. The second-order valence-corrected chi connectivity index (χ2v) is 7.53. The monoisotopic (exact) mass is 496 g/mol. The second kappa shape index (κ2) is 30.6. The van der Waals surface area contributed by atoms with Gasteiger partial charge in [0.15, 0.2) is 0 Å². The van der Waals surface area contributed by atoms with Gasteiger partial charge in [0.05, 0.1) is 92.5 Å². The van der Waals surface area contributed by atoms with Crippen LogP contribution in [0.1, 0.15) is 26.7 Å². The molecule has 10 heteroatoms. The van der Waals surface area contributed by atoms with Crippen molar-refractivity contribution in [2.24, 2.45) is 5.73 Å². The summed E-state index contributed by atoms with van der Waals surface area (Å²) in [5, 5.41) is 0. The van der Waals surface area contributed by atoms with Crippen LogP contribution >= 0.6 is 0 Å². The number of hydrogen-bond donors (Lipinski definition) is 1. The van der Waals surface area contributed by atoms with Gasteiger partial charge >= 0.3 is 0 Å². The van der Waals surface area contributed by atoms with E-state index in [-0.39, 0.29) is 0 Å². The predicted molar refractivity (Wildman–Crippen MR) is 133 cm³/mol. The zero-order chi connectivity index (χ0) is 24.8. The summed E-state index contributed by atoms with van der Waals surface area (Å²) in [4.78, 5) is 2.28. The average molecular weight is 497 g/mol. The maximum absolute atomic E-state index is 5.71. The SMILES string of the molecule is CCCOCCOCCOCCN(CCOCCOCCN)CCOCCOCCOCCC. The molecular formula is C24H52N2O8. The Morgan fingerprint density at radius 2 is 0.647 bits per heavy atom. The van der Waals surface area contributed by atoms with E-state index in [4.69, 9.17) is 43.6 Å². The van der Waals surface area contributed by atoms with E-state index in [1.54, 1.807) is 0 Å². The molecule has 0 rings (SSSR count). The van der Waals surface area contributed by atoms with Crippen LogP contribution in [-0.2, 0) is 37.9 Å². The van der Waals surface area contributed by atoms with Crippen molar-refractivity contribution < 1.29 is 37.9 Å². The zero-order valence-electron chi connectivity index (χ0n) is 21.8. The molecule has 0 aromatic heterocycles. The van der Waals surface area contributed by atoms with Crippen LogP contribution < -0.4 is 5.73 Å². The average Bonchev–Trinajstić information content (AvgIpc) is 2.85. The molecule has 0 aromatic carbocycles. The summed E-state index contributed by atoms with van der Waals surface area (Å²) in [6, 6.07) is 0. The molecule has 34 heavy (non-hydrogen) atoms. The van der Waals surface area contributed by atoms with E-state index >= 15 is 0 Å². The standard InChI is InChI=1S/C24H52N2O8/c1-3-9-27-15-21-33-23-19-31-13-7-26(6-12-30-18-17-29-11-5-25)8-14-32-20-24-34-22-16-28-10-4-2/h3-25H2,1-2H3. The molecule has 0 atom stereocenters. The summed E-state index contributed by atoms with van der Waals surface area (Å²) < 4.78 is 44.2. The van der Waals surface area contributed by atoms with Crippen molar-refractivity contribution in [1.29, 1.82) is 0 Å². The lowest BCUT2D eigenvalue weighted by molar-refractivity contribution is -0.00260. The molecule has 0 amide bonds. The van der Waals surface area contributed by atoms with E-state index in [1.807, 2.05) is 0 Å². The third-order valence-corrected chi connectivity index (χ3v) is 4.47. The molecule has 0 heterocycles. The summed E-state index contributed by atoms with van der Waals surface area (Å²) in [7, 11) is 0. The van der Waals surface area contributed by atoms with E-state index in [2.05, 4.69) is 18.7 Å². The van der Waals surface area contributed by atoms with Gasteiger partial charge in [0, 0.05) is 39.4 Å². The van der Waals surface area contributed by atoms with E-state index < -0.39 is 0 Å². The summed E-state index contributed by atoms with van der Waals surface area (Å²) in [6.45, 7) is 17.1. The minimum atomic E-state index is 0.531. The fourth-order valence-corrected chi connectivity index (χ4v) is 2.69. The van der Waals surface area contributed by atoms with Crippen molar-refractivity contribution in [1.82, 2.24) is 4.90 Å². The highest BCUT2D eigenvalue weighted by atomic mass is 16.6. The Labute approximate surface area is 207 Å². The molecule has 0 unspecified atom stereocenters.